The van der Waals surface area contributed by atoms with Crippen molar-refractivity contribution in [2.45, 2.75) is 51.5 Å². The molecule has 7 heteroatoms. The molecule has 2 rings (SSSR count). The van der Waals surface area contributed by atoms with Gasteiger partial charge in [-0.05, 0) is 38.6 Å². The van der Waals surface area contributed by atoms with E-state index in [1.54, 1.807) is 0 Å². The highest BCUT2D eigenvalue weighted by Gasteiger charge is 2.38. The molecule has 0 saturated carbocycles. The van der Waals surface area contributed by atoms with E-state index in [1.807, 2.05) is 0 Å². The summed E-state index contributed by atoms with van der Waals surface area (Å²) in [4.78, 5) is 15.0. The molecule has 0 aromatic carbocycles. The van der Waals surface area contributed by atoms with Crippen LogP contribution >= 0.6 is 24.8 Å². The normalized spacial score (nSPS) is 24.2. The maximum Gasteiger partial charge on any atom is 0.227 e. The molecule has 0 bridgehead atoms. The minimum atomic E-state index is -0.399. The first-order valence-corrected chi connectivity index (χ1v) is 8.52. The molecular formula is C16H33Cl2N3O2. The highest BCUT2D eigenvalue weighted by Crippen LogP contribution is 2.29. The fourth-order valence-electron chi connectivity index (χ4n) is 3.60. The third kappa shape index (κ3) is 6.05. The van der Waals surface area contributed by atoms with Gasteiger partial charge in [0.2, 0.25) is 5.91 Å². The fourth-order valence-corrected chi connectivity index (χ4v) is 3.60. The van der Waals surface area contributed by atoms with E-state index < -0.39 is 5.41 Å². The first kappa shape index (κ1) is 22.9. The monoisotopic (exact) mass is 369 g/mol. The zero-order valence-electron chi connectivity index (χ0n) is 14.2. The molecule has 0 radical (unpaired) electrons. The first-order valence-electron chi connectivity index (χ1n) is 8.52. The number of ether oxygens (including phenoxy) is 1. The molecule has 2 saturated heterocycles. The Labute approximate surface area is 152 Å². The lowest BCUT2D eigenvalue weighted by atomic mass is 9.79. The molecule has 3 N–H and O–H groups in total. The number of nitrogens with two attached hydrogens (primary N) is 1. The summed E-state index contributed by atoms with van der Waals surface area (Å²) in [6, 6.07) is 0.696. The number of hydrogen-bond acceptors (Lipinski definition) is 4. The number of nitrogens with one attached hydrogen (secondary N) is 1. The summed E-state index contributed by atoms with van der Waals surface area (Å²) in [5, 5.41) is 3.12. The van der Waals surface area contributed by atoms with Crippen LogP contribution in [0.3, 0.4) is 0 Å². The summed E-state index contributed by atoms with van der Waals surface area (Å²) < 4.78 is 5.36. The van der Waals surface area contributed by atoms with E-state index in [0.717, 1.165) is 25.9 Å². The van der Waals surface area contributed by atoms with E-state index in [0.29, 0.717) is 25.8 Å². The molecular weight excluding hydrogens is 337 g/mol. The van der Waals surface area contributed by atoms with E-state index >= 15 is 0 Å². The van der Waals surface area contributed by atoms with Crippen LogP contribution in [0.4, 0.5) is 0 Å². The van der Waals surface area contributed by atoms with E-state index in [9.17, 15) is 4.79 Å². The second kappa shape index (κ2) is 11.5. The lowest BCUT2D eigenvalue weighted by molar-refractivity contribution is -0.136. The minimum absolute atomic E-state index is 0. The number of likely N-dealkylation sites (tertiary alicyclic amines) is 1. The van der Waals surface area contributed by atoms with Crippen LogP contribution in [0.15, 0.2) is 0 Å². The molecule has 23 heavy (non-hydrogen) atoms. The van der Waals surface area contributed by atoms with Crippen molar-refractivity contribution < 1.29 is 9.53 Å². The number of amides is 1. The number of hydrogen-bond donors (Lipinski definition) is 2. The Hall–Kier alpha value is -0.0700. The molecule has 2 heterocycles. The molecule has 2 aliphatic rings. The Balaban J connectivity index is 0.00000242. The van der Waals surface area contributed by atoms with Crippen molar-refractivity contribution in [1.29, 1.82) is 0 Å². The average molecular weight is 370 g/mol. The second-order valence-corrected chi connectivity index (χ2v) is 6.45. The zero-order valence-corrected chi connectivity index (χ0v) is 15.9. The molecule has 0 aliphatic carbocycles. The molecule has 0 aromatic heterocycles. The lowest BCUT2D eigenvalue weighted by Crippen LogP contribution is -2.51. The molecule has 1 amide bonds. The zero-order chi connectivity index (χ0) is 15.1. The largest absolute Gasteiger partial charge is 0.381 e. The first-order chi connectivity index (χ1) is 10.2. The van der Waals surface area contributed by atoms with Gasteiger partial charge in [0, 0.05) is 38.9 Å². The maximum atomic E-state index is 12.5. The predicted octanol–water partition coefficient (Wildman–Crippen LogP) is 1.97. The van der Waals surface area contributed by atoms with Gasteiger partial charge in [-0.1, -0.05) is 13.3 Å². The van der Waals surface area contributed by atoms with Crippen molar-refractivity contribution in [3.63, 3.8) is 0 Å². The van der Waals surface area contributed by atoms with Crippen molar-refractivity contribution in [3.8, 4) is 0 Å². The van der Waals surface area contributed by atoms with E-state index in [1.165, 1.54) is 32.2 Å². The van der Waals surface area contributed by atoms with Gasteiger partial charge in [-0.25, -0.2) is 0 Å². The quantitative estimate of drug-likeness (QED) is 0.750. The van der Waals surface area contributed by atoms with Crippen molar-refractivity contribution in [3.05, 3.63) is 0 Å². The van der Waals surface area contributed by atoms with Crippen LogP contribution in [0.1, 0.15) is 45.4 Å². The van der Waals surface area contributed by atoms with Crippen LogP contribution in [-0.2, 0) is 9.53 Å². The van der Waals surface area contributed by atoms with Crippen molar-refractivity contribution >= 4 is 30.7 Å². The number of halogens is 2. The SMILES string of the molecule is CCC1CCCCN1CCNC(=O)C1(CN)CCOCC1.Cl.Cl. The maximum absolute atomic E-state index is 12.5. The van der Waals surface area contributed by atoms with Gasteiger partial charge in [-0.15, -0.1) is 24.8 Å². The highest BCUT2D eigenvalue weighted by molar-refractivity contribution is 5.85. The van der Waals surface area contributed by atoms with Gasteiger partial charge in [0.05, 0.1) is 5.41 Å². The third-order valence-electron chi connectivity index (χ3n) is 5.23. The number of piperidine rings is 1. The van der Waals surface area contributed by atoms with Crippen LogP contribution in [0.2, 0.25) is 0 Å². The van der Waals surface area contributed by atoms with Gasteiger partial charge in [0.15, 0.2) is 0 Å². The summed E-state index contributed by atoms with van der Waals surface area (Å²) in [7, 11) is 0. The highest BCUT2D eigenvalue weighted by atomic mass is 35.5. The van der Waals surface area contributed by atoms with Gasteiger partial charge >= 0.3 is 0 Å². The molecule has 5 nitrogen and oxygen atoms in total. The molecule has 2 aliphatic heterocycles. The van der Waals surface area contributed by atoms with Gasteiger partial charge < -0.3 is 15.8 Å². The fraction of sp³-hybridized carbons (Fsp3) is 0.938. The summed E-state index contributed by atoms with van der Waals surface area (Å²) in [6.45, 7) is 6.84. The Morgan fingerprint density at radius 1 is 1.30 bits per heavy atom. The van der Waals surface area contributed by atoms with E-state index in [2.05, 4.69) is 17.1 Å². The average Bonchev–Trinajstić information content (AvgIpc) is 2.55. The Bertz CT molecular complexity index is 339. The lowest BCUT2D eigenvalue weighted by Gasteiger charge is -2.37. The molecule has 2 fully saturated rings. The van der Waals surface area contributed by atoms with Crippen LogP contribution in [0.5, 0.6) is 0 Å². The van der Waals surface area contributed by atoms with Crippen molar-refractivity contribution in [2.24, 2.45) is 11.1 Å². The number of nitrogens with zero attached hydrogens (tertiary/aromatic N) is 1. The Kier molecular flexibility index (Phi) is 11.4. The number of carbonyl (C=O) groups excluding carboxylic acids is 1. The molecule has 1 unspecified atom stereocenters. The third-order valence-corrected chi connectivity index (χ3v) is 5.23. The molecule has 138 valence electrons. The molecule has 0 spiro atoms. The Morgan fingerprint density at radius 3 is 2.61 bits per heavy atom. The van der Waals surface area contributed by atoms with E-state index in [4.69, 9.17) is 10.5 Å². The second-order valence-electron chi connectivity index (χ2n) is 6.45. The van der Waals surface area contributed by atoms with Crippen LogP contribution in [-0.4, -0.2) is 56.2 Å². The smallest absolute Gasteiger partial charge is 0.227 e. The minimum Gasteiger partial charge on any atom is -0.381 e. The number of carbonyl (C=O) groups is 1. The van der Waals surface area contributed by atoms with Crippen molar-refractivity contribution in [2.75, 3.05) is 39.4 Å². The summed E-state index contributed by atoms with van der Waals surface area (Å²) in [6.07, 6.45) is 6.63. The van der Waals surface area contributed by atoms with Gasteiger partial charge in [-0.3, -0.25) is 9.69 Å². The van der Waals surface area contributed by atoms with Gasteiger partial charge in [0.1, 0.15) is 0 Å². The summed E-state index contributed by atoms with van der Waals surface area (Å²) in [5.74, 6) is 0.123. The predicted molar refractivity (Wildman–Crippen MR) is 98.5 cm³/mol. The van der Waals surface area contributed by atoms with Gasteiger partial charge in [-0.2, -0.15) is 0 Å². The Morgan fingerprint density at radius 2 is 2.00 bits per heavy atom. The number of rotatable bonds is 6. The van der Waals surface area contributed by atoms with E-state index in [-0.39, 0.29) is 30.7 Å². The topological polar surface area (TPSA) is 67.6 Å². The van der Waals surface area contributed by atoms with Crippen molar-refractivity contribution in [1.82, 2.24) is 10.2 Å². The summed E-state index contributed by atoms with van der Waals surface area (Å²) in [5.41, 5.74) is 5.47. The van der Waals surface area contributed by atoms with Crippen LogP contribution < -0.4 is 11.1 Å². The standard InChI is InChI=1S/C16H31N3O2.2ClH/c1-2-14-5-3-4-9-19(14)10-8-18-15(20)16(13-17)6-11-21-12-7-16;;/h14H,2-13,17H2,1H3,(H,18,20);2*1H. The van der Waals surface area contributed by atoms with Crippen LogP contribution in [0, 0.1) is 5.41 Å². The van der Waals surface area contributed by atoms with Crippen LogP contribution in [0.25, 0.3) is 0 Å². The van der Waals surface area contributed by atoms with Gasteiger partial charge in [0.25, 0.3) is 0 Å². The molecule has 0 aromatic rings. The summed E-state index contributed by atoms with van der Waals surface area (Å²) >= 11 is 0. The molecule has 1 atom stereocenters.